The van der Waals surface area contributed by atoms with Crippen molar-refractivity contribution < 1.29 is 14.0 Å². The van der Waals surface area contributed by atoms with Gasteiger partial charge in [-0.15, -0.1) is 11.8 Å². The third kappa shape index (κ3) is 8.87. The van der Waals surface area contributed by atoms with Gasteiger partial charge >= 0.3 is 0 Å². The van der Waals surface area contributed by atoms with E-state index in [1.165, 1.54) is 12.1 Å². The topological polar surface area (TPSA) is 49.4 Å². The molecule has 3 rings (SSSR count). The molecule has 1 atom stereocenters. The van der Waals surface area contributed by atoms with Crippen molar-refractivity contribution in [1.82, 2.24) is 10.2 Å². The summed E-state index contributed by atoms with van der Waals surface area (Å²) < 4.78 is 13.5. The molecule has 0 aliphatic rings. The smallest absolute Gasteiger partial charge is 0.243 e. The fraction of sp³-hybridized carbons (Fsp3) is 0.310. The lowest BCUT2D eigenvalue weighted by atomic mass is 10.0. The van der Waals surface area contributed by atoms with E-state index in [0.29, 0.717) is 31.1 Å². The van der Waals surface area contributed by atoms with Gasteiger partial charge in [-0.1, -0.05) is 74.5 Å². The summed E-state index contributed by atoms with van der Waals surface area (Å²) in [5.74, 6) is 0.294. The van der Waals surface area contributed by atoms with Crippen molar-refractivity contribution in [2.45, 2.75) is 44.2 Å². The van der Waals surface area contributed by atoms with Crippen molar-refractivity contribution in [3.63, 3.8) is 0 Å². The minimum atomic E-state index is -0.671. The van der Waals surface area contributed by atoms with Gasteiger partial charge in [-0.25, -0.2) is 4.39 Å². The van der Waals surface area contributed by atoms with Crippen LogP contribution in [0.15, 0.2) is 89.8 Å². The summed E-state index contributed by atoms with van der Waals surface area (Å²) in [6.07, 6.45) is 0.701. The molecule has 0 saturated heterocycles. The molecule has 0 radical (unpaired) electrons. The van der Waals surface area contributed by atoms with Gasteiger partial charge in [-0.3, -0.25) is 9.59 Å². The molecule has 0 aliphatic carbocycles. The number of carbonyl (C=O) groups is 2. The highest BCUT2D eigenvalue weighted by Crippen LogP contribution is 2.21. The zero-order chi connectivity index (χ0) is 25.0. The minimum absolute atomic E-state index is 0.0987. The van der Waals surface area contributed by atoms with Gasteiger partial charge < -0.3 is 10.2 Å². The van der Waals surface area contributed by atoms with Crippen LogP contribution in [-0.4, -0.2) is 35.1 Å². The molecule has 35 heavy (non-hydrogen) atoms. The normalized spacial score (nSPS) is 11.8. The van der Waals surface area contributed by atoms with Crippen LogP contribution >= 0.6 is 11.8 Å². The van der Waals surface area contributed by atoms with Gasteiger partial charge in [0.05, 0.1) is 0 Å². The van der Waals surface area contributed by atoms with Crippen LogP contribution in [0, 0.1) is 11.7 Å². The molecule has 4 nitrogen and oxygen atoms in total. The molecule has 1 N–H and O–H groups in total. The van der Waals surface area contributed by atoms with Crippen molar-refractivity contribution in [3.8, 4) is 0 Å². The summed E-state index contributed by atoms with van der Waals surface area (Å²) in [6.45, 7) is 4.84. The van der Waals surface area contributed by atoms with Crippen LogP contribution in [-0.2, 0) is 22.6 Å². The van der Waals surface area contributed by atoms with Crippen LogP contribution in [0.2, 0.25) is 0 Å². The van der Waals surface area contributed by atoms with Crippen LogP contribution in [0.3, 0.4) is 0 Å². The number of hydrogen-bond donors (Lipinski definition) is 1. The Morgan fingerprint density at radius 1 is 0.886 bits per heavy atom. The largest absolute Gasteiger partial charge is 0.354 e. The first-order chi connectivity index (χ1) is 16.9. The van der Waals surface area contributed by atoms with Crippen molar-refractivity contribution in [3.05, 3.63) is 102 Å². The van der Waals surface area contributed by atoms with Crippen molar-refractivity contribution in [2.75, 3.05) is 12.3 Å². The molecule has 3 aromatic rings. The maximum atomic E-state index is 13.5. The third-order valence-electron chi connectivity index (χ3n) is 5.55. The Bertz CT molecular complexity index is 1060. The van der Waals surface area contributed by atoms with E-state index in [2.05, 4.69) is 5.32 Å². The first-order valence-corrected chi connectivity index (χ1v) is 12.9. The average Bonchev–Trinajstić information content (AvgIpc) is 2.87. The number of carbonyl (C=O) groups excluding carboxylic acids is 2. The fourth-order valence-corrected chi connectivity index (χ4v) is 4.54. The molecule has 0 fully saturated rings. The predicted octanol–water partition coefficient (Wildman–Crippen LogP) is 5.72. The van der Waals surface area contributed by atoms with Gasteiger partial charge in [-0.05, 0) is 41.3 Å². The van der Waals surface area contributed by atoms with Crippen LogP contribution in [0.4, 0.5) is 4.39 Å². The van der Waals surface area contributed by atoms with Gasteiger partial charge in [-0.2, -0.15) is 0 Å². The second-order valence-corrected chi connectivity index (χ2v) is 10.1. The fourth-order valence-electron chi connectivity index (χ4n) is 3.68. The lowest BCUT2D eigenvalue weighted by Crippen LogP contribution is -2.51. The van der Waals surface area contributed by atoms with E-state index in [1.54, 1.807) is 28.8 Å². The van der Waals surface area contributed by atoms with Gasteiger partial charge in [0, 0.05) is 36.6 Å². The Morgan fingerprint density at radius 3 is 2.14 bits per heavy atom. The second-order valence-electron chi connectivity index (χ2n) is 8.90. The molecule has 3 aromatic carbocycles. The Labute approximate surface area is 211 Å². The summed E-state index contributed by atoms with van der Waals surface area (Å²) in [5.41, 5.74) is 1.76. The highest BCUT2D eigenvalue weighted by Gasteiger charge is 2.30. The van der Waals surface area contributed by atoms with Crippen LogP contribution in [0.25, 0.3) is 0 Å². The molecule has 1 unspecified atom stereocenters. The van der Waals surface area contributed by atoms with Gasteiger partial charge in [0.2, 0.25) is 11.8 Å². The van der Waals surface area contributed by atoms with Crippen molar-refractivity contribution in [1.29, 1.82) is 0 Å². The first-order valence-electron chi connectivity index (χ1n) is 12.0. The zero-order valence-electron chi connectivity index (χ0n) is 20.3. The highest BCUT2D eigenvalue weighted by molar-refractivity contribution is 7.99. The zero-order valence-corrected chi connectivity index (χ0v) is 21.1. The van der Waals surface area contributed by atoms with Crippen LogP contribution < -0.4 is 5.32 Å². The molecular weight excluding hydrogens is 459 g/mol. The number of nitrogens with zero attached hydrogens (tertiary/aromatic N) is 1. The monoisotopic (exact) mass is 492 g/mol. The maximum absolute atomic E-state index is 13.5. The number of amides is 2. The minimum Gasteiger partial charge on any atom is -0.354 e. The van der Waals surface area contributed by atoms with Crippen LogP contribution in [0.5, 0.6) is 0 Å². The van der Waals surface area contributed by atoms with Gasteiger partial charge in [0.25, 0.3) is 0 Å². The van der Waals surface area contributed by atoms with E-state index >= 15 is 0 Å². The molecule has 0 spiro atoms. The SMILES string of the molecule is CC(C)CNC(=O)C(Cc1ccccc1)N(Cc1ccc(F)cc1)C(=O)CCSc1ccccc1. The Balaban J connectivity index is 1.83. The molecule has 0 bridgehead atoms. The summed E-state index contributed by atoms with van der Waals surface area (Å²) in [7, 11) is 0. The molecule has 0 saturated carbocycles. The Hall–Kier alpha value is -3.12. The van der Waals surface area contributed by atoms with Crippen LogP contribution in [0.1, 0.15) is 31.4 Å². The summed E-state index contributed by atoms with van der Waals surface area (Å²) in [5, 5.41) is 3.02. The number of rotatable bonds is 12. The van der Waals surface area contributed by atoms with Gasteiger partial charge in [0.1, 0.15) is 11.9 Å². The highest BCUT2D eigenvalue weighted by atomic mass is 32.2. The summed E-state index contributed by atoms with van der Waals surface area (Å²) >= 11 is 1.62. The van der Waals surface area contributed by atoms with E-state index in [0.717, 1.165) is 16.0 Å². The Kier molecular flexibility index (Phi) is 10.4. The third-order valence-corrected chi connectivity index (χ3v) is 6.56. The molecule has 0 heterocycles. The quantitative estimate of drug-likeness (QED) is 0.329. The summed E-state index contributed by atoms with van der Waals surface area (Å²) in [4.78, 5) is 29.7. The number of halogens is 1. The van der Waals surface area contributed by atoms with E-state index < -0.39 is 6.04 Å². The second kappa shape index (κ2) is 13.7. The maximum Gasteiger partial charge on any atom is 0.243 e. The molecule has 0 aliphatic heterocycles. The van der Waals surface area contributed by atoms with E-state index in [4.69, 9.17) is 0 Å². The van der Waals surface area contributed by atoms with E-state index in [9.17, 15) is 14.0 Å². The molecule has 2 amide bonds. The van der Waals surface area contributed by atoms with E-state index in [-0.39, 0.29) is 24.2 Å². The Morgan fingerprint density at radius 2 is 1.51 bits per heavy atom. The van der Waals surface area contributed by atoms with Gasteiger partial charge in [0.15, 0.2) is 0 Å². The number of benzene rings is 3. The number of thioether (sulfide) groups is 1. The lowest BCUT2D eigenvalue weighted by Gasteiger charge is -2.32. The molecular formula is C29H33FN2O2S. The lowest BCUT2D eigenvalue weighted by molar-refractivity contribution is -0.141. The average molecular weight is 493 g/mol. The first kappa shape index (κ1) is 26.5. The summed E-state index contributed by atoms with van der Waals surface area (Å²) in [6, 6.07) is 25.1. The molecule has 6 heteroatoms. The van der Waals surface area contributed by atoms with Crippen molar-refractivity contribution >= 4 is 23.6 Å². The standard InChI is InChI=1S/C29H33FN2O2S/c1-22(2)20-31-29(34)27(19-23-9-5-3-6-10-23)32(21-24-13-15-25(30)16-14-24)28(33)17-18-35-26-11-7-4-8-12-26/h3-16,22,27H,17-21H2,1-2H3,(H,31,34). The number of hydrogen-bond acceptors (Lipinski definition) is 3. The molecule has 184 valence electrons. The van der Waals surface area contributed by atoms with Crippen molar-refractivity contribution in [2.24, 2.45) is 5.92 Å². The van der Waals surface area contributed by atoms with E-state index in [1.807, 2.05) is 74.5 Å². The predicted molar refractivity (Wildman–Crippen MR) is 141 cm³/mol. The molecule has 0 aromatic heterocycles. The number of nitrogens with one attached hydrogen (secondary N) is 1.